The van der Waals surface area contributed by atoms with Gasteiger partial charge in [0.15, 0.2) is 0 Å². The van der Waals surface area contributed by atoms with Gasteiger partial charge < -0.3 is 9.72 Å². The van der Waals surface area contributed by atoms with Crippen LogP contribution in [0.3, 0.4) is 0 Å². The topological polar surface area (TPSA) is 59.3 Å². The van der Waals surface area contributed by atoms with Gasteiger partial charge in [-0.15, -0.1) is 5.54 Å². The average Bonchev–Trinajstić information content (AvgIpc) is 2.97. The number of aryl methyl sites for hydroxylation is 2. The molecule has 3 rings (SSSR count). The van der Waals surface area contributed by atoms with Gasteiger partial charge in [-0.1, -0.05) is 25.6 Å². The molecule has 1 amide bonds. The third-order valence-electron chi connectivity index (χ3n) is 3.77. The number of anilines is 1. The van der Waals surface area contributed by atoms with Crippen LogP contribution in [0.1, 0.15) is 27.4 Å². The summed E-state index contributed by atoms with van der Waals surface area (Å²) in [5.41, 5.74) is 7.75. The summed E-state index contributed by atoms with van der Waals surface area (Å²) in [6.07, 6.45) is 3.49. The normalized spacial score (nSPS) is 11.1. The Morgan fingerprint density at radius 2 is 1.96 bits per heavy atom. The van der Waals surface area contributed by atoms with Crippen molar-refractivity contribution in [2.24, 2.45) is 0 Å². The molecule has 0 aliphatic heterocycles. The monoisotopic (exact) mass is 362 g/mol. The van der Waals surface area contributed by atoms with Crippen molar-refractivity contribution in [3.8, 4) is 11.5 Å². The van der Waals surface area contributed by atoms with E-state index in [1.807, 2.05) is 42.6 Å². The molecule has 0 unspecified atom stereocenters. The summed E-state index contributed by atoms with van der Waals surface area (Å²) in [6.45, 7) is 10.5. The molecule has 0 aliphatic carbocycles. The second-order valence-corrected chi connectivity index (χ2v) is 12.1. The van der Waals surface area contributed by atoms with Crippen LogP contribution in [0.4, 0.5) is 5.69 Å². The number of aromatic nitrogens is 3. The van der Waals surface area contributed by atoms with Crippen molar-refractivity contribution in [1.29, 1.82) is 0 Å². The van der Waals surface area contributed by atoms with Gasteiger partial charge in [0.05, 0.1) is 17.4 Å². The molecule has 0 aromatic carbocycles. The lowest BCUT2D eigenvalue weighted by molar-refractivity contribution is 0.102. The highest BCUT2D eigenvalue weighted by atomic mass is 28.3. The fourth-order valence-electron chi connectivity index (χ4n) is 2.56. The van der Waals surface area contributed by atoms with Gasteiger partial charge in [-0.05, 0) is 38.1 Å². The molecule has 132 valence electrons. The second-order valence-electron chi connectivity index (χ2n) is 7.35. The van der Waals surface area contributed by atoms with E-state index < -0.39 is 8.07 Å². The maximum absolute atomic E-state index is 12.6. The third-order valence-corrected chi connectivity index (χ3v) is 4.65. The van der Waals surface area contributed by atoms with Crippen molar-refractivity contribution >= 4 is 25.3 Å². The first kappa shape index (κ1) is 17.9. The molecule has 26 heavy (non-hydrogen) atoms. The van der Waals surface area contributed by atoms with E-state index in [2.05, 4.69) is 46.4 Å². The Morgan fingerprint density at radius 1 is 1.19 bits per heavy atom. The number of nitrogens with zero attached hydrogens (tertiary/aromatic N) is 3. The summed E-state index contributed by atoms with van der Waals surface area (Å²) >= 11 is 0. The van der Waals surface area contributed by atoms with E-state index >= 15 is 0 Å². The fourth-order valence-corrected chi connectivity index (χ4v) is 3.07. The summed E-state index contributed by atoms with van der Waals surface area (Å²) in [6, 6.07) is 7.42. The molecule has 6 heteroatoms. The number of carbonyl (C=O) groups excluding carboxylic acids is 1. The first-order valence-electron chi connectivity index (χ1n) is 8.49. The van der Waals surface area contributed by atoms with E-state index in [1.54, 1.807) is 12.3 Å². The first-order chi connectivity index (χ1) is 12.2. The summed E-state index contributed by atoms with van der Waals surface area (Å²) in [5, 5.41) is 2.88. The van der Waals surface area contributed by atoms with Gasteiger partial charge in [0.25, 0.3) is 5.91 Å². The third kappa shape index (κ3) is 4.01. The van der Waals surface area contributed by atoms with Gasteiger partial charge in [-0.3, -0.25) is 4.79 Å². The largest absolute Gasteiger partial charge is 0.320 e. The van der Waals surface area contributed by atoms with Gasteiger partial charge in [0.1, 0.15) is 19.4 Å². The predicted octanol–water partition coefficient (Wildman–Crippen LogP) is 3.83. The summed E-state index contributed by atoms with van der Waals surface area (Å²) in [5.74, 6) is 2.90. The Morgan fingerprint density at radius 3 is 2.62 bits per heavy atom. The number of carbonyl (C=O) groups is 1. The van der Waals surface area contributed by atoms with Crippen LogP contribution < -0.4 is 5.32 Å². The molecule has 0 radical (unpaired) electrons. The zero-order valence-electron chi connectivity index (χ0n) is 15.7. The number of rotatable bonds is 2. The lowest BCUT2D eigenvalue weighted by Crippen LogP contribution is -2.16. The number of hydrogen-bond donors (Lipinski definition) is 1. The molecule has 0 saturated heterocycles. The number of fused-ring (bicyclic) bond motifs is 1. The molecular formula is C20H22N4OSi. The molecule has 3 heterocycles. The van der Waals surface area contributed by atoms with Crippen molar-refractivity contribution in [1.82, 2.24) is 14.4 Å². The SMILES string of the molecule is Cc1cc(C)n2ccc(C(=O)Nc3ccc(C#C[Si](C)(C)C)nc3)c2n1. The van der Waals surface area contributed by atoms with Crippen LogP contribution in [0.15, 0.2) is 36.7 Å². The number of hydrogen-bond acceptors (Lipinski definition) is 3. The van der Waals surface area contributed by atoms with Gasteiger partial charge in [0, 0.05) is 17.6 Å². The molecule has 3 aromatic rings. The first-order valence-corrected chi connectivity index (χ1v) is 12.0. The van der Waals surface area contributed by atoms with Crippen LogP contribution in [0.5, 0.6) is 0 Å². The van der Waals surface area contributed by atoms with E-state index in [-0.39, 0.29) is 5.91 Å². The molecule has 0 saturated carbocycles. The smallest absolute Gasteiger partial charge is 0.259 e. The molecule has 0 bridgehead atoms. The Hall–Kier alpha value is -2.91. The number of nitrogens with one attached hydrogen (secondary N) is 1. The van der Waals surface area contributed by atoms with Crippen LogP contribution in [-0.4, -0.2) is 28.3 Å². The Bertz CT molecular complexity index is 1030. The summed E-state index contributed by atoms with van der Waals surface area (Å²) < 4.78 is 1.91. The Balaban J connectivity index is 1.81. The van der Waals surface area contributed by atoms with E-state index in [0.29, 0.717) is 22.6 Å². The molecule has 0 aliphatic rings. The van der Waals surface area contributed by atoms with Crippen LogP contribution >= 0.6 is 0 Å². The number of amides is 1. The minimum atomic E-state index is -1.43. The highest BCUT2D eigenvalue weighted by Crippen LogP contribution is 2.16. The maximum Gasteiger partial charge on any atom is 0.259 e. The van der Waals surface area contributed by atoms with Gasteiger partial charge in [-0.2, -0.15) is 0 Å². The van der Waals surface area contributed by atoms with Crippen molar-refractivity contribution < 1.29 is 4.79 Å². The fraction of sp³-hybridized carbons (Fsp3) is 0.250. The van der Waals surface area contributed by atoms with Crippen LogP contribution in [0, 0.1) is 25.3 Å². The quantitative estimate of drug-likeness (QED) is 0.557. The molecule has 1 N–H and O–H groups in total. The van der Waals surface area contributed by atoms with Crippen LogP contribution in [0.25, 0.3) is 5.65 Å². The summed E-state index contributed by atoms with van der Waals surface area (Å²) in [7, 11) is -1.43. The Labute approximate surface area is 154 Å². The zero-order valence-corrected chi connectivity index (χ0v) is 16.7. The van der Waals surface area contributed by atoms with Gasteiger partial charge in [-0.25, -0.2) is 9.97 Å². The predicted molar refractivity (Wildman–Crippen MR) is 107 cm³/mol. The van der Waals surface area contributed by atoms with Gasteiger partial charge in [0.2, 0.25) is 0 Å². The molecule has 3 aromatic heterocycles. The van der Waals surface area contributed by atoms with Crippen molar-refractivity contribution in [2.45, 2.75) is 33.5 Å². The molecule has 5 nitrogen and oxygen atoms in total. The van der Waals surface area contributed by atoms with Crippen molar-refractivity contribution in [3.63, 3.8) is 0 Å². The van der Waals surface area contributed by atoms with E-state index in [1.165, 1.54) is 0 Å². The lowest BCUT2D eigenvalue weighted by atomic mass is 10.2. The molecule has 0 atom stereocenters. The lowest BCUT2D eigenvalue weighted by Gasteiger charge is -2.06. The molecule has 0 fully saturated rings. The van der Waals surface area contributed by atoms with E-state index in [4.69, 9.17) is 0 Å². The minimum Gasteiger partial charge on any atom is -0.320 e. The van der Waals surface area contributed by atoms with E-state index in [0.717, 1.165) is 11.4 Å². The van der Waals surface area contributed by atoms with Crippen molar-refractivity contribution in [2.75, 3.05) is 5.32 Å². The Kier molecular flexibility index (Phi) is 4.66. The van der Waals surface area contributed by atoms with Gasteiger partial charge >= 0.3 is 0 Å². The number of pyridine rings is 1. The van der Waals surface area contributed by atoms with Crippen LogP contribution in [-0.2, 0) is 0 Å². The summed E-state index contributed by atoms with van der Waals surface area (Å²) in [4.78, 5) is 21.5. The van der Waals surface area contributed by atoms with Crippen LogP contribution in [0.2, 0.25) is 19.6 Å². The highest BCUT2D eigenvalue weighted by molar-refractivity contribution is 6.83. The zero-order chi connectivity index (χ0) is 18.9. The second kappa shape index (κ2) is 6.77. The highest BCUT2D eigenvalue weighted by Gasteiger charge is 2.14. The molecule has 0 spiro atoms. The molecular weight excluding hydrogens is 340 g/mol. The standard InChI is InChI=1S/C20H22N4OSi/c1-14-12-15(2)24-10-8-18(19(24)22-14)20(25)23-17-7-6-16(21-13-17)9-11-26(3,4)5/h6-8,10,12-13H,1-5H3,(H,23,25). The van der Waals surface area contributed by atoms with E-state index in [9.17, 15) is 4.79 Å². The minimum absolute atomic E-state index is 0.201. The average molecular weight is 363 g/mol. The van der Waals surface area contributed by atoms with Crippen molar-refractivity contribution in [3.05, 3.63) is 59.3 Å². The maximum atomic E-state index is 12.6.